The molecule has 4 N–H and O–H groups in total. The van der Waals surface area contributed by atoms with Crippen molar-refractivity contribution >= 4 is 17.9 Å². The maximum Gasteiger partial charge on any atom is 0.407 e. The lowest BCUT2D eigenvalue weighted by molar-refractivity contribution is -0.141. The number of aliphatic hydroxyl groups excluding tert-OH is 1. The van der Waals surface area contributed by atoms with Crippen molar-refractivity contribution in [3.05, 3.63) is 108 Å². The number of likely N-dealkylation sites (tertiary alicyclic amines) is 2. The first-order valence-corrected chi connectivity index (χ1v) is 17.3. The second-order valence-corrected chi connectivity index (χ2v) is 13.3. The number of carboxylic acid groups (broad SMARTS) is 1. The normalized spacial score (nSPS) is 18.5. The number of rotatable bonds is 9. The first-order valence-electron chi connectivity index (χ1n) is 17.3. The number of nitrogens with one attached hydrogen (secondary N) is 2. The van der Waals surface area contributed by atoms with Gasteiger partial charge in [-0.25, -0.2) is 14.8 Å². The van der Waals surface area contributed by atoms with Crippen LogP contribution in [0.3, 0.4) is 0 Å². The molecule has 4 heterocycles. The SMILES string of the molecule is C[C@@H](C(=O)N1CCC[C@H]1c1ncc(-c2ccc(-c3ccc(-c4cnc(C5CCCN5C(=O)C(O)c5ccccc5)[nH]4)cc3)cc2)[nH]1)N(C)C(=O)O. The van der Waals surface area contributed by atoms with Crippen LogP contribution in [-0.2, 0) is 9.59 Å². The Morgan fingerprint density at radius 3 is 1.65 bits per heavy atom. The van der Waals surface area contributed by atoms with Crippen molar-refractivity contribution in [1.82, 2.24) is 34.6 Å². The van der Waals surface area contributed by atoms with Gasteiger partial charge in [0.15, 0.2) is 6.10 Å². The van der Waals surface area contributed by atoms with Crippen LogP contribution in [0.5, 0.6) is 0 Å². The number of aliphatic hydroxyl groups is 1. The molecule has 0 aliphatic carbocycles. The molecule has 7 rings (SSSR count). The summed E-state index contributed by atoms with van der Waals surface area (Å²) in [5.74, 6) is 0.871. The van der Waals surface area contributed by atoms with Crippen molar-refractivity contribution in [1.29, 1.82) is 0 Å². The Bertz CT molecular complexity index is 2010. The van der Waals surface area contributed by atoms with E-state index in [2.05, 4.69) is 44.2 Å². The number of nitrogens with zero attached hydrogens (tertiary/aromatic N) is 5. The molecule has 3 aromatic carbocycles. The minimum Gasteiger partial charge on any atom is -0.465 e. The van der Waals surface area contributed by atoms with E-state index in [0.717, 1.165) is 64.2 Å². The first kappa shape index (κ1) is 33.7. The van der Waals surface area contributed by atoms with E-state index in [1.807, 2.05) is 42.5 Å². The number of carbonyl (C=O) groups excluding carboxylic acids is 2. The number of amides is 3. The number of hydrogen-bond acceptors (Lipinski definition) is 6. The number of imidazole rings is 2. The molecule has 12 nitrogen and oxygen atoms in total. The van der Waals surface area contributed by atoms with Crippen molar-refractivity contribution in [2.24, 2.45) is 0 Å². The molecule has 2 fully saturated rings. The molecule has 0 bridgehead atoms. The van der Waals surface area contributed by atoms with Gasteiger partial charge in [-0.15, -0.1) is 0 Å². The summed E-state index contributed by atoms with van der Waals surface area (Å²) < 4.78 is 0. The van der Waals surface area contributed by atoms with Crippen LogP contribution >= 0.6 is 0 Å². The van der Waals surface area contributed by atoms with Gasteiger partial charge < -0.3 is 30.0 Å². The van der Waals surface area contributed by atoms with Crippen molar-refractivity contribution in [2.75, 3.05) is 20.1 Å². The van der Waals surface area contributed by atoms with Crippen LogP contribution in [0.2, 0.25) is 0 Å². The summed E-state index contributed by atoms with van der Waals surface area (Å²) in [6, 6.07) is 24.2. The van der Waals surface area contributed by atoms with E-state index in [9.17, 15) is 24.6 Å². The van der Waals surface area contributed by atoms with Crippen LogP contribution in [0.1, 0.15) is 68.0 Å². The molecule has 2 aliphatic heterocycles. The quantitative estimate of drug-likeness (QED) is 0.144. The maximum atomic E-state index is 13.2. The fourth-order valence-electron chi connectivity index (χ4n) is 7.13. The van der Waals surface area contributed by atoms with E-state index >= 15 is 0 Å². The summed E-state index contributed by atoms with van der Waals surface area (Å²) in [7, 11) is 1.41. The summed E-state index contributed by atoms with van der Waals surface area (Å²) in [6.07, 6.45) is 4.43. The van der Waals surface area contributed by atoms with Gasteiger partial charge in [0.2, 0.25) is 5.91 Å². The zero-order valence-electron chi connectivity index (χ0n) is 28.6. The fourth-order valence-corrected chi connectivity index (χ4v) is 7.13. The average Bonchev–Trinajstić information content (AvgIpc) is 4.00. The number of hydrogen-bond donors (Lipinski definition) is 4. The predicted molar refractivity (Wildman–Crippen MR) is 191 cm³/mol. The van der Waals surface area contributed by atoms with Crippen molar-refractivity contribution < 1.29 is 24.6 Å². The molecule has 4 atom stereocenters. The number of H-pyrrole nitrogens is 2. The Kier molecular flexibility index (Phi) is 9.42. The third kappa shape index (κ3) is 6.74. The van der Waals surface area contributed by atoms with Gasteiger partial charge in [-0.05, 0) is 60.4 Å². The van der Waals surface area contributed by atoms with Crippen LogP contribution in [0, 0.1) is 0 Å². The molecular formula is C39H41N7O5. The van der Waals surface area contributed by atoms with E-state index < -0.39 is 18.2 Å². The second-order valence-electron chi connectivity index (χ2n) is 13.3. The van der Waals surface area contributed by atoms with Gasteiger partial charge in [0.05, 0.1) is 35.9 Å². The third-order valence-electron chi connectivity index (χ3n) is 10.2. The van der Waals surface area contributed by atoms with E-state index in [1.165, 1.54) is 7.05 Å². The van der Waals surface area contributed by atoms with E-state index in [1.54, 1.807) is 41.2 Å². The molecule has 2 unspecified atom stereocenters. The third-order valence-corrected chi connectivity index (χ3v) is 10.2. The summed E-state index contributed by atoms with van der Waals surface area (Å²) in [5, 5.41) is 20.1. The molecular weight excluding hydrogens is 646 g/mol. The molecule has 12 heteroatoms. The van der Waals surface area contributed by atoms with Crippen LogP contribution in [-0.4, -0.2) is 88.9 Å². The number of aromatic amines is 2. The molecule has 5 aromatic rings. The molecule has 3 amide bonds. The van der Waals surface area contributed by atoms with Gasteiger partial charge in [-0.2, -0.15) is 0 Å². The lowest BCUT2D eigenvalue weighted by atomic mass is 10.0. The minimum atomic E-state index is -1.20. The second kappa shape index (κ2) is 14.2. The van der Waals surface area contributed by atoms with Crippen molar-refractivity contribution in [3.8, 4) is 33.6 Å². The van der Waals surface area contributed by atoms with Crippen LogP contribution in [0.4, 0.5) is 4.79 Å². The Hall–Kier alpha value is -5.75. The summed E-state index contributed by atoms with van der Waals surface area (Å²) >= 11 is 0. The monoisotopic (exact) mass is 687 g/mol. The van der Waals surface area contributed by atoms with Gasteiger partial charge in [-0.1, -0.05) is 78.9 Å². The smallest absolute Gasteiger partial charge is 0.407 e. The molecule has 51 heavy (non-hydrogen) atoms. The number of likely N-dealkylation sites (N-methyl/N-ethyl adjacent to an activating group) is 1. The highest BCUT2D eigenvalue weighted by Gasteiger charge is 2.37. The Labute approximate surface area is 295 Å². The first-order chi connectivity index (χ1) is 24.7. The Balaban J connectivity index is 1.00. The number of carbonyl (C=O) groups is 3. The molecule has 2 aliphatic rings. The van der Waals surface area contributed by atoms with Crippen LogP contribution < -0.4 is 0 Å². The lowest BCUT2D eigenvalue weighted by Crippen LogP contribution is -2.47. The fraction of sp³-hybridized carbons (Fsp3) is 0.308. The van der Waals surface area contributed by atoms with Crippen molar-refractivity contribution in [2.45, 2.75) is 56.8 Å². The van der Waals surface area contributed by atoms with E-state index in [0.29, 0.717) is 30.3 Å². The Morgan fingerprint density at radius 2 is 1.18 bits per heavy atom. The minimum absolute atomic E-state index is 0.220. The highest BCUT2D eigenvalue weighted by molar-refractivity contribution is 5.85. The highest BCUT2D eigenvalue weighted by Crippen LogP contribution is 2.35. The van der Waals surface area contributed by atoms with Gasteiger partial charge >= 0.3 is 6.09 Å². The molecule has 0 radical (unpaired) electrons. The van der Waals surface area contributed by atoms with E-state index in [-0.39, 0.29) is 23.9 Å². The standard InChI is InChI=1S/C39H41N7O5/c1-24(44(2)39(50)51)37(48)45-20-6-10-32(45)35-40-22-30(42-35)27-16-12-25(13-17-27)26-14-18-28(19-15-26)31-23-41-36(43-31)33-11-7-21-46(33)38(49)34(47)29-8-4-3-5-9-29/h3-5,8-9,12-19,22-24,32-34,47H,6-7,10-11,20-21H2,1-2H3,(H,40,42)(H,41,43)(H,50,51)/t24-,32-,33?,34?/m0/s1. The number of aromatic nitrogens is 4. The Morgan fingerprint density at radius 1 is 0.725 bits per heavy atom. The number of benzene rings is 3. The zero-order valence-corrected chi connectivity index (χ0v) is 28.6. The summed E-state index contributed by atoms with van der Waals surface area (Å²) in [4.78, 5) is 58.3. The van der Waals surface area contributed by atoms with E-state index in [4.69, 9.17) is 0 Å². The zero-order chi connectivity index (χ0) is 35.6. The molecule has 262 valence electrons. The summed E-state index contributed by atoms with van der Waals surface area (Å²) in [6.45, 7) is 2.75. The van der Waals surface area contributed by atoms with Gasteiger partial charge in [0, 0.05) is 20.1 Å². The average molecular weight is 688 g/mol. The van der Waals surface area contributed by atoms with Crippen molar-refractivity contribution in [3.63, 3.8) is 0 Å². The molecule has 0 spiro atoms. The highest BCUT2D eigenvalue weighted by atomic mass is 16.4. The van der Waals surface area contributed by atoms with Gasteiger partial charge in [0.25, 0.3) is 5.91 Å². The molecule has 0 saturated carbocycles. The molecule has 2 aromatic heterocycles. The topological polar surface area (TPSA) is 159 Å². The van der Waals surface area contributed by atoms with Crippen LogP contribution in [0.25, 0.3) is 33.6 Å². The summed E-state index contributed by atoms with van der Waals surface area (Å²) in [5.41, 5.74) is 6.33. The lowest BCUT2D eigenvalue weighted by Gasteiger charge is -2.29. The van der Waals surface area contributed by atoms with Gasteiger partial charge in [-0.3, -0.25) is 14.5 Å². The maximum absolute atomic E-state index is 13.2. The molecule has 2 saturated heterocycles. The largest absolute Gasteiger partial charge is 0.465 e. The van der Waals surface area contributed by atoms with Gasteiger partial charge in [0.1, 0.15) is 17.7 Å². The predicted octanol–water partition coefficient (Wildman–Crippen LogP) is 6.19. The van der Waals surface area contributed by atoms with Crippen LogP contribution in [0.15, 0.2) is 91.3 Å².